The van der Waals surface area contributed by atoms with E-state index in [1.54, 1.807) is 0 Å². The lowest BCUT2D eigenvalue weighted by Crippen LogP contribution is -2.52. The fourth-order valence-electron chi connectivity index (χ4n) is 3.49. The van der Waals surface area contributed by atoms with Crippen LogP contribution >= 0.6 is 0 Å². The van der Waals surface area contributed by atoms with Crippen molar-refractivity contribution in [2.24, 2.45) is 0 Å². The fourth-order valence-corrected chi connectivity index (χ4v) is 3.49. The summed E-state index contributed by atoms with van der Waals surface area (Å²) in [5.41, 5.74) is 0. The molecular formula is C15H29N3O. The van der Waals surface area contributed by atoms with Crippen LogP contribution in [0.4, 0.5) is 0 Å². The summed E-state index contributed by atoms with van der Waals surface area (Å²) in [6, 6.07) is 0.943. The number of carbonyl (C=O) groups is 1. The first-order chi connectivity index (χ1) is 9.22. The Hall–Kier alpha value is -0.610. The standard InChI is InChI=1S/C15H29N3O/c1-3-18(14-9-10-16-11-14)12(2)15(19)17-13-7-5-4-6-8-13/h12-14,16H,3-11H2,1-2H3,(H,17,19). The van der Waals surface area contributed by atoms with Gasteiger partial charge in [-0.05, 0) is 39.3 Å². The molecule has 2 atom stereocenters. The van der Waals surface area contributed by atoms with Crippen LogP contribution in [-0.4, -0.2) is 48.6 Å². The molecule has 2 N–H and O–H groups in total. The van der Waals surface area contributed by atoms with Gasteiger partial charge in [0.1, 0.15) is 0 Å². The van der Waals surface area contributed by atoms with E-state index in [-0.39, 0.29) is 11.9 Å². The third kappa shape index (κ3) is 3.93. The Bertz CT molecular complexity index is 283. The second kappa shape index (κ2) is 7.25. The number of likely N-dealkylation sites (N-methyl/N-ethyl adjacent to an activating group) is 1. The molecule has 19 heavy (non-hydrogen) atoms. The zero-order valence-corrected chi connectivity index (χ0v) is 12.5. The molecule has 2 rings (SSSR count). The molecule has 2 aliphatic rings. The summed E-state index contributed by atoms with van der Waals surface area (Å²) in [5, 5.41) is 6.64. The second-order valence-corrected chi connectivity index (χ2v) is 6.00. The Labute approximate surface area is 117 Å². The van der Waals surface area contributed by atoms with Gasteiger partial charge in [0.25, 0.3) is 0 Å². The zero-order chi connectivity index (χ0) is 13.7. The summed E-state index contributed by atoms with van der Waals surface area (Å²) >= 11 is 0. The molecule has 2 fully saturated rings. The minimum Gasteiger partial charge on any atom is -0.352 e. The van der Waals surface area contributed by atoms with Gasteiger partial charge >= 0.3 is 0 Å². The van der Waals surface area contributed by atoms with Crippen molar-refractivity contribution in [3.8, 4) is 0 Å². The molecule has 1 aliphatic carbocycles. The molecule has 1 saturated heterocycles. The summed E-state index contributed by atoms with van der Waals surface area (Å²) in [6.07, 6.45) is 7.35. The highest BCUT2D eigenvalue weighted by atomic mass is 16.2. The fraction of sp³-hybridized carbons (Fsp3) is 0.933. The SMILES string of the molecule is CCN(C1CCNC1)C(C)C(=O)NC1CCCCC1. The summed E-state index contributed by atoms with van der Waals surface area (Å²) in [7, 11) is 0. The molecule has 0 bridgehead atoms. The first kappa shape index (κ1) is 14.8. The maximum atomic E-state index is 12.4. The van der Waals surface area contributed by atoms with E-state index in [1.165, 1.54) is 19.3 Å². The lowest BCUT2D eigenvalue weighted by Gasteiger charge is -2.33. The first-order valence-corrected chi connectivity index (χ1v) is 7.99. The van der Waals surface area contributed by atoms with Crippen LogP contribution in [0.15, 0.2) is 0 Å². The predicted molar refractivity (Wildman–Crippen MR) is 78.1 cm³/mol. The summed E-state index contributed by atoms with van der Waals surface area (Å²) in [5.74, 6) is 0.223. The van der Waals surface area contributed by atoms with Gasteiger partial charge < -0.3 is 10.6 Å². The van der Waals surface area contributed by atoms with Gasteiger partial charge in [-0.1, -0.05) is 26.2 Å². The van der Waals surface area contributed by atoms with Crippen molar-refractivity contribution < 1.29 is 4.79 Å². The minimum atomic E-state index is -0.00294. The van der Waals surface area contributed by atoms with Gasteiger partial charge in [-0.25, -0.2) is 0 Å². The summed E-state index contributed by atoms with van der Waals surface area (Å²) in [4.78, 5) is 14.7. The molecule has 1 saturated carbocycles. The molecule has 110 valence electrons. The number of rotatable bonds is 5. The number of hydrogen-bond acceptors (Lipinski definition) is 3. The van der Waals surface area contributed by atoms with Gasteiger partial charge in [-0.3, -0.25) is 9.69 Å². The third-order valence-corrected chi connectivity index (χ3v) is 4.70. The molecule has 0 aromatic rings. The van der Waals surface area contributed by atoms with E-state index in [0.29, 0.717) is 12.1 Å². The summed E-state index contributed by atoms with van der Waals surface area (Å²) < 4.78 is 0. The van der Waals surface area contributed by atoms with Gasteiger partial charge in [0.2, 0.25) is 5.91 Å². The van der Waals surface area contributed by atoms with E-state index in [4.69, 9.17) is 0 Å². The zero-order valence-electron chi connectivity index (χ0n) is 12.5. The van der Waals surface area contributed by atoms with Crippen LogP contribution in [0.25, 0.3) is 0 Å². The van der Waals surface area contributed by atoms with Crippen molar-refractivity contribution in [2.75, 3.05) is 19.6 Å². The highest BCUT2D eigenvalue weighted by Crippen LogP contribution is 2.18. The largest absolute Gasteiger partial charge is 0.352 e. The molecule has 1 heterocycles. The topological polar surface area (TPSA) is 44.4 Å². The van der Waals surface area contributed by atoms with Crippen molar-refractivity contribution >= 4 is 5.91 Å². The molecule has 4 heteroatoms. The normalized spacial score (nSPS) is 26.6. The van der Waals surface area contributed by atoms with Crippen molar-refractivity contribution in [3.63, 3.8) is 0 Å². The minimum absolute atomic E-state index is 0.00294. The molecule has 1 aliphatic heterocycles. The van der Waals surface area contributed by atoms with E-state index >= 15 is 0 Å². The highest BCUT2D eigenvalue weighted by molar-refractivity contribution is 5.81. The van der Waals surface area contributed by atoms with E-state index in [0.717, 1.165) is 38.9 Å². The maximum absolute atomic E-state index is 12.4. The maximum Gasteiger partial charge on any atom is 0.237 e. The van der Waals surface area contributed by atoms with Crippen molar-refractivity contribution in [1.82, 2.24) is 15.5 Å². The average Bonchev–Trinajstić information content (AvgIpc) is 2.94. The Morgan fingerprint density at radius 3 is 2.63 bits per heavy atom. The lowest BCUT2D eigenvalue weighted by molar-refractivity contribution is -0.127. The molecule has 0 aromatic carbocycles. The van der Waals surface area contributed by atoms with Crippen LogP contribution in [-0.2, 0) is 4.79 Å². The van der Waals surface area contributed by atoms with Crippen LogP contribution in [0, 0.1) is 0 Å². The van der Waals surface area contributed by atoms with Gasteiger partial charge in [0, 0.05) is 18.6 Å². The van der Waals surface area contributed by atoms with Crippen molar-refractivity contribution in [2.45, 2.75) is 70.5 Å². The number of nitrogens with one attached hydrogen (secondary N) is 2. The van der Waals surface area contributed by atoms with Gasteiger partial charge in [-0.15, -0.1) is 0 Å². The Balaban J connectivity index is 1.85. The number of hydrogen-bond donors (Lipinski definition) is 2. The predicted octanol–water partition coefficient (Wildman–Crippen LogP) is 1.51. The van der Waals surface area contributed by atoms with Gasteiger partial charge in [0.15, 0.2) is 0 Å². The lowest BCUT2D eigenvalue weighted by atomic mass is 9.95. The number of carbonyl (C=O) groups excluding carboxylic acids is 1. The van der Waals surface area contributed by atoms with Crippen LogP contribution in [0.1, 0.15) is 52.4 Å². The molecule has 0 radical (unpaired) electrons. The van der Waals surface area contributed by atoms with Crippen molar-refractivity contribution in [3.05, 3.63) is 0 Å². The molecule has 1 amide bonds. The molecular weight excluding hydrogens is 238 g/mol. The Kier molecular flexibility index (Phi) is 5.64. The van der Waals surface area contributed by atoms with Crippen LogP contribution in [0.3, 0.4) is 0 Å². The van der Waals surface area contributed by atoms with E-state index < -0.39 is 0 Å². The van der Waals surface area contributed by atoms with Crippen molar-refractivity contribution in [1.29, 1.82) is 0 Å². The molecule has 4 nitrogen and oxygen atoms in total. The monoisotopic (exact) mass is 267 g/mol. The third-order valence-electron chi connectivity index (χ3n) is 4.70. The Morgan fingerprint density at radius 1 is 1.32 bits per heavy atom. The van der Waals surface area contributed by atoms with E-state index in [9.17, 15) is 4.79 Å². The Morgan fingerprint density at radius 2 is 2.05 bits per heavy atom. The molecule has 0 aromatic heterocycles. The smallest absolute Gasteiger partial charge is 0.237 e. The quantitative estimate of drug-likeness (QED) is 0.793. The highest BCUT2D eigenvalue weighted by Gasteiger charge is 2.29. The summed E-state index contributed by atoms with van der Waals surface area (Å²) in [6.45, 7) is 7.27. The average molecular weight is 267 g/mol. The molecule has 2 unspecified atom stereocenters. The number of amides is 1. The van der Waals surface area contributed by atoms with Crippen LogP contribution in [0.5, 0.6) is 0 Å². The molecule has 0 spiro atoms. The van der Waals surface area contributed by atoms with E-state index in [1.807, 2.05) is 0 Å². The van der Waals surface area contributed by atoms with Gasteiger partial charge in [-0.2, -0.15) is 0 Å². The second-order valence-electron chi connectivity index (χ2n) is 6.00. The van der Waals surface area contributed by atoms with Crippen LogP contribution < -0.4 is 10.6 Å². The van der Waals surface area contributed by atoms with Gasteiger partial charge in [0.05, 0.1) is 6.04 Å². The number of nitrogens with zero attached hydrogens (tertiary/aromatic N) is 1. The first-order valence-electron chi connectivity index (χ1n) is 7.99. The van der Waals surface area contributed by atoms with E-state index in [2.05, 4.69) is 29.4 Å². The van der Waals surface area contributed by atoms with Crippen LogP contribution in [0.2, 0.25) is 0 Å².